The summed E-state index contributed by atoms with van der Waals surface area (Å²) in [5, 5.41) is 17.5. The minimum absolute atomic E-state index is 0.167. The highest BCUT2D eigenvalue weighted by Crippen LogP contribution is 2.10. The Bertz CT molecular complexity index is 481. The SMILES string of the molecule is C[N+](C)(C)CC(CC(=O)O)OC(=O)CCCCCC/C=C/CCCC(=O)O. The van der Waals surface area contributed by atoms with E-state index in [1.165, 1.54) is 0 Å². The van der Waals surface area contributed by atoms with E-state index in [2.05, 4.69) is 6.08 Å². The number of carbonyl (C=O) groups is 3. The number of rotatable bonds is 16. The maximum Gasteiger partial charge on any atom is 0.307 e. The van der Waals surface area contributed by atoms with E-state index in [1.54, 1.807) is 0 Å². The van der Waals surface area contributed by atoms with Crippen LogP contribution >= 0.6 is 0 Å². The van der Waals surface area contributed by atoms with Gasteiger partial charge in [-0.2, -0.15) is 0 Å². The zero-order valence-corrected chi connectivity index (χ0v) is 17.0. The number of nitrogens with zero attached hydrogens (tertiary/aromatic N) is 1. The monoisotopic (exact) mass is 386 g/mol. The first-order chi connectivity index (χ1) is 12.6. The number of quaternary nitrogens is 1. The standard InChI is InChI=1S/C20H35NO6/c1-21(2,3)16-17(15-19(24)25)27-20(26)14-12-10-8-6-4-5-7-9-11-13-18(22)23/h5,7,17H,4,6,8-16H2,1-3H3,(H-,22,23,24,25)/p+1/b7-5+. The quantitative estimate of drug-likeness (QED) is 0.183. The van der Waals surface area contributed by atoms with E-state index in [-0.39, 0.29) is 18.8 Å². The zero-order valence-electron chi connectivity index (χ0n) is 17.0. The van der Waals surface area contributed by atoms with Crippen LogP contribution in [0.5, 0.6) is 0 Å². The molecule has 7 heteroatoms. The molecule has 0 amide bonds. The van der Waals surface area contributed by atoms with Gasteiger partial charge >= 0.3 is 17.9 Å². The number of ether oxygens (including phenoxy) is 1. The largest absolute Gasteiger partial charge is 0.481 e. The Balaban J connectivity index is 3.81. The van der Waals surface area contributed by atoms with Crippen LogP contribution < -0.4 is 0 Å². The summed E-state index contributed by atoms with van der Waals surface area (Å²) in [5.41, 5.74) is 0. The van der Waals surface area contributed by atoms with Gasteiger partial charge in [-0.25, -0.2) is 0 Å². The van der Waals surface area contributed by atoms with Crippen molar-refractivity contribution >= 4 is 17.9 Å². The number of hydrogen-bond acceptors (Lipinski definition) is 4. The molecule has 0 aliphatic carbocycles. The second kappa shape index (κ2) is 14.2. The Morgan fingerprint density at radius 2 is 1.44 bits per heavy atom. The van der Waals surface area contributed by atoms with E-state index in [0.29, 0.717) is 23.9 Å². The molecule has 0 aromatic carbocycles. The lowest BCUT2D eigenvalue weighted by atomic mass is 10.1. The lowest BCUT2D eigenvalue weighted by Gasteiger charge is -2.28. The molecule has 0 spiro atoms. The molecule has 0 fully saturated rings. The molecule has 0 saturated carbocycles. The Labute approximate surface area is 162 Å². The van der Waals surface area contributed by atoms with Gasteiger partial charge in [0.15, 0.2) is 6.10 Å². The molecule has 0 aliphatic rings. The summed E-state index contributed by atoms with van der Waals surface area (Å²) in [6.07, 6.45) is 10.0. The highest BCUT2D eigenvalue weighted by Gasteiger charge is 2.24. The van der Waals surface area contributed by atoms with Gasteiger partial charge in [-0.3, -0.25) is 14.4 Å². The first-order valence-corrected chi connectivity index (χ1v) is 9.68. The maximum absolute atomic E-state index is 11.9. The number of hydrogen-bond donors (Lipinski definition) is 2. The molecule has 0 rings (SSSR count). The predicted molar refractivity (Wildman–Crippen MR) is 103 cm³/mol. The zero-order chi connectivity index (χ0) is 20.7. The van der Waals surface area contributed by atoms with Crippen LogP contribution in [0.2, 0.25) is 0 Å². The van der Waals surface area contributed by atoms with Crippen LogP contribution in [0, 0.1) is 0 Å². The predicted octanol–water partition coefficient (Wildman–Crippen LogP) is 3.23. The van der Waals surface area contributed by atoms with Crippen molar-refractivity contribution in [2.24, 2.45) is 0 Å². The van der Waals surface area contributed by atoms with E-state index >= 15 is 0 Å². The first kappa shape index (κ1) is 25.1. The van der Waals surface area contributed by atoms with Gasteiger partial charge in [0.05, 0.1) is 27.6 Å². The Hall–Kier alpha value is -1.89. The smallest absolute Gasteiger partial charge is 0.307 e. The summed E-state index contributed by atoms with van der Waals surface area (Å²) in [4.78, 5) is 33.2. The molecule has 0 aromatic rings. The summed E-state index contributed by atoms with van der Waals surface area (Å²) in [6.45, 7) is 0.469. The van der Waals surface area contributed by atoms with E-state index < -0.39 is 18.0 Å². The molecule has 0 saturated heterocycles. The van der Waals surface area contributed by atoms with Crippen LogP contribution in [0.4, 0.5) is 0 Å². The van der Waals surface area contributed by atoms with Gasteiger partial charge in [0.2, 0.25) is 0 Å². The fourth-order valence-electron chi connectivity index (χ4n) is 2.69. The van der Waals surface area contributed by atoms with Gasteiger partial charge in [0, 0.05) is 12.8 Å². The third-order valence-electron chi connectivity index (χ3n) is 3.88. The van der Waals surface area contributed by atoms with Gasteiger partial charge in [-0.05, 0) is 32.1 Å². The Morgan fingerprint density at radius 1 is 0.852 bits per heavy atom. The van der Waals surface area contributed by atoms with E-state index in [4.69, 9.17) is 14.9 Å². The first-order valence-electron chi connectivity index (χ1n) is 9.68. The van der Waals surface area contributed by atoms with E-state index in [0.717, 1.165) is 38.5 Å². The van der Waals surface area contributed by atoms with Crippen LogP contribution in [0.25, 0.3) is 0 Å². The molecule has 1 unspecified atom stereocenters. The highest BCUT2D eigenvalue weighted by molar-refractivity contribution is 5.71. The molecule has 0 heterocycles. The van der Waals surface area contributed by atoms with E-state index in [1.807, 2.05) is 27.2 Å². The van der Waals surface area contributed by atoms with Crippen molar-refractivity contribution in [1.29, 1.82) is 0 Å². The van der Waals surface area contributed by atoms with Gasteiger partial charge in [0.25, 0.3) is 0 Å². The van der Waals surface area contributed by atoms with Crippen molar-refractivity contribution in [2.45, 2.75) is 70.3 Å². The number of allylic oxidation sites excluding steroid dienone is 2. The van der Waals surface area contributed by atoms with Gasteiger partial charge < -0.3 is 19.4 Å². The van der Waals surface area contributed by atoms with Crippen molar-refractivity contribution in [3.63, 3.8) is 0 Å². The molecule has 0 bridgehead atoms. The molecule has 7 nitrogen and oxygen atoms in total. The summed E-state index contributed by atoms with van der Waals surface area (Å²) in [5.74, 6) is -2.04. The van der Waals surface area contributed by atoms with Crippen molar-refractivity contribution < 1.29 is 33.8 Å². The normalized spacial score (nSPS) is 12.9. The minimum Gasteiger partial charge on any atom is -0.481 e. The van der Waals surface area contributed by atoms with Crippen LogP contribution in [-0.2, 0) is 19.1 Å². The molecular formula is C20H36NO6+. The topological polar surface area (TPSA) is 101 Å². The number of esters is 1. The molecule has 0 aliphatic heterocycles. The van der Waals surface area contributed by atoms with Crippen LogP contribution in [0.15, 0.2) is 12.2 Å². The molecule has 0 aromatic heterocycles. The van der Waals surface area contributed by atoms with Crippen LogP contribution in [0.1, 0.15) is 64.2 Å². The van der Waals surface area contributed by atoms with Gasteiger partial charge in [-0.15, -0.1) is 0 Å². The van der Waals surface area contributed by atoms with Crippen molar-refractivity contribution in [1.82, 2.24) is 0 Å². The van der Waals surface area contributed by atoms with E-state index in [9.17, 15) is 14.4 Å². The van der Waals surface area contributed by atoms with Gasteiger partial charge in [-0.1, -0.05) is 25.0 Å². The fraction of sp³-hybridized carbons (Fsp3) is 0.750. The minimum atomic E-state index is -0.961. The van der Waals surface area contributed by atoms with Crippen LogP contribution in [-0.4, -0.2) is 66.4 Å². The maximum atomic E-state index is 11.9. The second-order valence-electron chi connectivity index (χ2n) is 7.89. The molecule has 1 atom stereocenters. The van der Waals surface area contributed by atoms with Crippen molar-refractivity contribution in [2.75, 3.05) is 27.7 Å². The fourth-order valence-corrected chi connectivity index (χ4v) is 2.69. The average Bonchev–Trinajstić information content (AvgIpc) is 2.49. The third-order valence-corrected chi connectivity index (χ3v) is 3.88. The highest BCUT2D eigenvalue weighted by atomic mass is 16.5. The molecule has 27 heavy (non-hydrogen) atoms. The summed E-state index contributed by atoms with van der Waals surface area (Å²) >= 11 is 0. The molecule has 156 valence electrons. The summed E-state index contributed by atoms with van der Waals surface area (Å²) in [6, 6.07) is 0. The van der Waals surface area contributed by atoms with Crippen LogP contribution in [0.3, 0.4) is 0 Å². The number of carboxylic acids is 2. The Kier molecular flexibility index (Phi) is 13.2. The lowest BCUT2D eigenvalue weighted by Crippen LogP contribution is -2.43. The Morgan fingerprint density at radius 3 is 2.00 bits per heavy atom. The number of aliphatic carboxylic acids is 2. The van der Waals surface area contributed by atoms with Gasteiger partial charge in [0.1, 0.15) is 6.54 Å². The molecule has 2 N–H and O–H groups in total. The number of carbonyl (C=O) groups excluding carboxylic acids is 1. The molecular weight excluding hydrogens is 350 g/mol. The summed E-state index contributed by atoms with van der Waals surface area (Å²) < 4.78 is 5.89. The second-order valence-corrected chi connectivity index (χ2v) is 7.89. The average molecular weight is 387 g/mol. The summed E-state index contributed by atoms with van der Waals surface area (Å²) in [7, 11) is 5.80. The lowest BCUT2D eigenvalue weighted by molar-refractivity contribution is -0.873. The number of unbranched alkanes of at least 4 members (excludes halogenated alkanes) is 5. The molecule has 0 radical (unpaired) electrons. The van der Waals surface area contributed by atoms with Crippen molar-refractivity contribution in [3.05, 3.63) is 12.2 Å². The number of likely N-dealkylation sites (N-methyl/N-ethyl adjacent to an activating group) is 1. The van der Waals surface area contributed by atoms with Crippen molar-refractivity contribution in [3.8, 4) is 0 Å². The third kappa shape index (κ3) is 18.7. The number of carboxylic acid groups (broad SMARTS) is 2.